The van der Waals surface area contributed by atoms with Gasteiger partial charge in [0.05, 0.1) is 0 Å². The van der Waals surface area contributed by atoms with Crippen LogP contribution in [0, 0.1) is 3.57 Å². The zero-order valence-corrected chi connectivity index (χ0v) is 9.28. The molecule has 1 aromatic carbocycles. The topological polar surface area (TPSA) is 55.8 Å². The van der Waals surface area contributed by atoms with Crippen LogP contribution in [-0.4, -0.2) is 24.3 Å². The lowest BCUT2D eigenvalue weighted by Gasteiger charge is -2.20. The van der Waals surface area contributed by atoms with Crippen LogP contribution in [0.5, 0.6) is 11.5 Å². The van der Waals surface area contributed by atoms with Crippen molar-refractivity contribution < 1.29 is 19.4 Å². The molecule has 4 nitrogen and oxygen atoms in total. The SMILES string of the molecule is O=C(O)c1c(I)ccc2c1OCCO2. The molecule has 0 bridgehead atoms. The fourth-order valence-electron chi connectivity index (χ4n) is 1.29. The van der Waals surface area contributed by atoms with E-state index in [-0.39, 0.29) is 5.56 Å². The zero-order chi connectivity index (χ0) is 10.1. The number of aromatic carboxylic acids is 1. The number of carboxylic acid groups (broad SMARTS) is 1. The van der Waals surface area contributed by atoms with E-state index in [0.717, 1.165) is 0 Å². The average Bonchev–Trinajstić information content (AvgIpc) is 2.17. The van der Waals surface area contributed by atoms with Crippen LogP contribution in [0.4, 0.5) is 0 Å². The smallest absolute Gasteiger partial charge is 0.340 e. The molecule has 0 aliphatic carbocycles. The van der Waals surface area contributed by atoms with Crippen LogP contribution in [-0.2, 0) is 0 Å². The summed E-state index contributed by atoms with van der Waals surface area (Å²) in [4.78, 5) is 11.0. The molecule has 0 radical (unpaired) electrons. The van der Waals surface area contributed by atoms with E-state index in [9.17, 15) is 4.79 Å². The lowest BCUT2D eigenvalue weighted by atomic mass is 10.2. The normalized spacial score (nSPS) is 13.8. The molecule has 0 saturated heterocycles. The summed E-state index contributed by atoms with van der Waals surface area (Å²) in [6, 6.07) is 3.43. The lowest BCUT2D eigenvalue weighted by molar-refractivity contribution is 0.0685. The number of ether oxygens (including phenoxy) is 2. The molecule has 0 atom stereocenters. The first-order chi connectivity index (χ1) is 6.70. The molecule has 0 spiro atoms. The molecule has 1 aromatic rings. The Morgan fingerprint density at radius 2 is 2.07 bits per heavy atom. The van der Waals surface area contributed by atoms with Gasteiger partial charge in [0.25, 0.3) is 0 Å². The first-order valence-corrected chi connectivity index (χ1v) is 5.09. The van der Waals surface area contributed by atoms with Gasteiger partial charge in [0.1, 0.15) is 18.8 Å². The molecule has 14 heavy (non-hydrogen) atoms. The van der Waals surface area contributed by atoms with E-state index in [1.165, 1.54) is 0 Å². The third-order valence-corrected chi connectivity index (χ3v) is 2.77. The molecular formula is C9H7IO4. The van der Waals surface area contributed by atoms with Gasteiger partial charge in [-0.2, -0.15) is 0 Å². The van der Waals surface area contributed by atoms with Crippen molar-refractivity contribution >= 4 is 28.6 Å². The third kappa shape index (κ3) is 1.52. The Labute approximate surface area is 94.0 Å². The highest BCUT2D eigenvalue weighted by molar-refractivity contribution is 14.1. The first kappa shape index (κ1) is 9.57. The van der Waals surface area contributed by atoms with Crippen LogP contribution in [0.1, 0.15) is 10.4 Å². The van der Waals surface area contributed by atoms with Crippen molar-refractivity contribution in [2.45, 2.75) is 0 Å². The second-order valence-corrected chi connectivity index (χ2v) is 3.91. The van der Waals surface area contributed by atoms with Crippen LogP contribution in [0.15, 0.2) is 12.1 Å². The Morgan fingerprint density at radius 1 is 1.36 bits per heavy atom. The van der Waals surface area contributed by atoms with Crippen molar-refractivity contribution in [3.05, 3.63) is 21.3 Å². The Balaban J connectivity index is 2.60. The second kappa shape index (κ2) is 3.64. The molecular weight excluding hydrogens is 299 g/mol. The van der Waals surface area contributed by atoms with E-state index in [1.807, 2.05) is 22.6 Å². The number of halogens is 1. The molecule has 5 heteroatoms. The second-order valence-electron chi connectivity index (χ2n) is 2.75. The molecule has 0 unspecified atom stereocenters. The lowest BCUT2D eigenvalue weighted by Crippen LogP contribution is -2.18. The number of hydrogen-bond acceptors (Lipinski definition) is 3. The minimum absolute atomic E-state index is 0.183. The Hall–Kier alpha value is -0.980. The maximum absolute atomic E-state index is 11.0. The minimum Gasteiger partial charge on any atom is -0.486 e. The van der Waals surface area contributed by atoms with Gasteiger partial charge in [-0.1, -0.05) is 0 Å². The quantitative estimate of drug-likeness (QED) is 0.803. The van der Waals surface area contributed by atoms with Gasteiger partial charge in [-0.3, -0.25) is 0 Å². The van der Waals surface area contributed by atoms with Crippen LogP contribution in [0.25, 0.3) is 0 Å². The monoisotopic (exact) mass is 306 g/mol. The molecule has 1 aliphatic heterocycles. The fourth-order valence-corrected chi connectivity index (χ4v) is 1.95. The Bertz CT molecular complexity index is 389. The number of carbonyl (C=O) groups is 1. The van der Waals surface area contributed by atoms with Crippen LogP contribution >= 0.6 is 22.6 Å². The number of fused-ring (bicyclic) bond motifs is 1. The van der Waals surface area contributed by atoms with Crippen molar-refractivity contribution in [3.63, 3.8) is 0 Å². The van der Waals surface area contributed by atoms with Crippen molar-refractivity contribution in [2.24, 2.45) is 0 Å². The Morgan fingerprint density at radius 3 is 2.79 bits per heavy atom. The predicted molar refractivity (Wildman–Crippen MR) is 57.1 cm³/mol. The summed E-state index contributed by atoms with van der Waals surface area (Å²) >= 11 is 1.97. The molecule has 1 N–H and O–H groups in total. The maximum Gasteiger partial charge on any atom is 0.340 e. The molecule has 1 heterocycles. The van der Waals surface area contributed by atoms with Gasteiger partial charge in [0.2, 0.25) is 0 Å². The van der Waals surface area contributed by atoms with Crippen molar-refractivity contribution in [1.29, 1.82) is 0 Å². The summed E-state index contributed by atoms with van der Waals surface area (Å²) in [5.74, 6) is -0.138. The summed E-state index contributed by atoms with van der Waals surface area (Å²) in [6.07, 6.45) is 0. The maximum atomic E-state index is 11.0. The molecule has 0 saturated carbocycles. The fraction of sp³-hybridized carbons (Fsp3) is 0.222. The summed E-state index contributed by atoms with van der Waals surface area (Å²) in [5, 5.41) is 8.98. The predicted octanol–water partition coefficient (Wildman–Crippen LogP) is 1.76. The molecule has 74 valence electrons. The number of rotatable bonds is 1. The number of benzene rings is 1. The molecule has 0 aromatic heterocycles. The van der Waals surface area contributed by atoms with Gasteiger partial charge in [0, 0.05) is 3.57 Å². The largest absolute Gasteiger partial charge is 0.486 e. The van der Waals surface area contributed by atoms with E-state index in [4.69, 9.17) is 14.6 Å². The van der Waals surface area contributed by atoms with E-state index >= 15 is 0 Å². The van der Waals surface area contributed by atoms with E-state index < -0.39 is 5.97 Å². The number of hydrogen-bond donors (Lipinski definition) is 1. The van der Waals surface area contributed by atoms with Gasteiger partial charge in [-0.15, -0.1) is 0 Å². The molecule has 0 fully saturated rings. The standard InChI is InChI=1S/C9H7IO4/c10-5-1-2-6-8(7(5)9(11)12)14-4-3-13-6/h1-2H,3-4H2,(H,11,12). The summed E-state index contributed by atoms with van der Waals surface area (Å²) in [7, 11) is 0. The molecule has 1 aliphatic rings. The summed E-state index contributed by atoms with van der Waals surface area (Å²) in [5.41, 5.74) is 0.183. The first-order valence-electron chi connectivity index (χ1n) is 4.01. The summed E-state index contributed by atoms with van der Waals surface area (Å²) in [6.45, 7) is 0.861. The summed E-state index contributed by atoms with van der Waals surface area (Å²) < 4.78 is 11.2. The number of carboxylic acids is 1. The van der Waals surface area contributed by atoms with Gasteiger partial charge in [0.15, 0.2) is 11.5 Å². The van der Waals surface area contributed by atoms with Crippen LogP contribution in [0.3, 0.4) is 0 Å². The highest BCUT2D eigenvalue weighted by atomic mass is 127. The van der Waals surface area contributed by atoms with Gasteiger partial charge in [-0.05, 0) is 34.7 Å². The zero-order valence-electron chi connectivity index (χ0n) is 7.12. The van der Waals surface area contributed by atoms with E-state index in [2.05, 4.69) is 0 Å². The highest BCUT2D eigenvalue weighted by Gasteiger charge is 2.22. The minimum atomic E-state index is -0.989. The van der Waals surface area contributed by atoms with E-state index in [1.54, 1.807) is 12.1 Å². The van der Waals surface area contributed by atoms with Gasteiger partial charge >= 0.3 is 5.97 Å². The third-order valence-electron chi connectivity index (χ3n) is 1.87. The molecule has 0 amide bonds. The van der Waals surface area contributed by atoms with Crippen molar-refractivity contribution in [1.82, 2.24) is 0 Å². The van der Waals surface area contributed by atoms with E-state index in [0.29, 0.717) is 28.3 Å². The van der Waals surface area contributed by atoms with Gasteiger partial charge < -0.3 is 14.6 Å². The van der Waals surface area contributed by atoms with Crippen molar-refractivity contribution in [2.75, 3.05) is 13.2 Å². The highest BCUT2D eigenvalue weighted by Crippen LogP contribution is 2.36. The van der Waals surface area contributed by atoms with Crippen LogP contribution < -0.4 is 9.47 Å². The molecule has 2 rings (SSSR count). The average molecular weight is 306 g/mol. The van der Waals surface area contributed by atoms with Crippen molar-refractivity contribution in [3.8, 4) is 11.5 Å². The Kier molecular flexibility index (Phi) is 2.49. The van der Waals surface area contributed by atoms with Gasteiger partial charge in [-0.25, -0.2) is 4.79 Å². The van der Waals surface area contributed by atoms with Crippen LogP contribution in [0.2, 0.25) is 0 Å².